The van der Waals surface area contributed by atoms with Crippen LogP contribution in [0.3, 0.4) is 0 Å². The van der Waals surface area contributed by atoms with Gasteiger partial charge in [0.25, 0.3) is 0 Å². The van der Waals surface area contributed by atoms with Crippen LogP contribution in [-0.2, 0) is 9.59 Å². The first-order valence-corrected chi connectivity index (χ1v) is 6.88. The predicted octanol–water partition coefficient (Wildman–Crippen LogP) is 1.47. The highest BCUT2D eigenvalue weighted by atomic mass is 16.2. The second kappa shape index (κ2) is 6.03. The van der Waals surface area contributed by atoms with Crippen LogP contribution >= 0.6 is 0 Å². The third kappa shape index (κ3) is 3.34. The van der Waals surface area contributed by atoms with Crippen molar-refractivity contribution >= 4 is 11.8 Å². The van der Waals surface area contributed by atoms with Gasteiger partial charge in [-0.2, -0.15) is 0 Å². The van der Waals surface area contributed by atoms with E-state index in [9.17, 15) is 9.59 Å². The van der Waals surface area contributed by atoms with Gasteiger partial charge >= 0.3 is 0 Å². The zero-order valence-corrected chi connectivity index (χ0v) is 11.1. The maximum Gasteiger partial charge on any atom is 0.226 e. The summed E-state index contributed by atoms with van der Waals surface area (Å²) in [5.41, 5.74) is 1.49. The molecule has 2 aliphatic rings. The van der Waals surface area contributed by atoms with Gasteiger partial charge in [-0.05, 0) is 32.1 Å². The fourth-order valence-electron chi connectivity index (χ4n) is 2.52. The number of likely N-dealkylation sites (tertiary alicyclic amines) is 1. The highest BCUT2D eigenvalue weighted by Crippen LogP contribution is 2.20. The summed E-state index contributed by atoms with van der Waals surface area (Å²) in [6.45, 7) is 3.46. The highest BCUT2D eigenvalue weighted by molar-refractivity contribution is 5.83. The number of hydrogen-bond donors (Lipinski definition) is 1. The van der Waals surface area contributed by atoms with Crippen molar-refractivity contribution in [3.8, 4) is 0 Å². The summed E-state index contributed by atoms with van der Waals surface area (Å²) in [4.78, 5) is 24.5. The number of allylic oxidation sites excluding steroid dienone is 1. The molecule has 1 aliphatic carbocycles. The Morgan fingerprint density at radius 2 is 2.17 bits per heavy atom. The van der Waals surface area contributed by atoms with E-state index < -0.39 is 0 Å². The minimum Gasteiger partial charge on any atom is -0.355 e. The standard InChI is InChI=1S/C14H22N2O2/c1-11(17)16-9-13(10-16)14(18)15-8-7-12-5-3-2-4-6-12/h5,13H,2-4,6-10H2,1H3,(H,15,18). The van der Waals surface area contributed by atoms with Crippen LogP contribution in [0.1, 0.15) is 39.0 Å². The van der Waals surface area contributed by atoms with E-state index in [0.29, 0.717) is 13.1 Å². The molecule has 1 N–H and O–H groups in total. The molecule has 0 atom stereocenters. The Bertz CT molecular complexity index is 357. The van der Waals surface area contributed by atoms with Crippen LogP contribution < -0.4 is 5.32 Å². The average Bonchev–Trinajstić information content (AvgIpc) is 2.28. The summed E-state index contributed by atoms with van der Waals surface area (Å²) in [7, 11) is 0. The van der Waals surface area contributed by atoms with Crippen molar-refractivity contribution in [2.45, 2.75) is 39.0 Å². The molecule has 18 heavy (non-hydrogen) atoms. The van der Waals surface area contributed by atoms with Gasteiger partial charge in [-0.1, -0.05) is 11.6 Å². The molecule has 0 bridgehead atoms. The first kappa shape index (κ1) is 13.1. The lowest BCUT2D eigenvalue weighted by Crippen LogP contribution is -2.55. The molecule has 0 spiro atoms. The number of rotatable bonds is 4. The fraction of sp³-hybridized carbons (Fsp3) is 0.714. The van der Waals surface area contributed by atoms with Crippen LogP contribution in [0.5, 0.6) is 0 Å². The maximum atomic E-state index is 11.8. The molecule has 1 aliphatic heterocycles. The Hall–Kier alpha value is -1.32. The topological polar surface area (TPSA) is 49.4 Å². The third-order valence-corrected chi connectivity index (χ3v) is 3.83. The fourth-order valence-corrected chi connectivity index (χ4v) is 2.52. The average molecular weight is 250 g/mol. The second-order valence-electron chi connectivity index (χ2n) is 5.27. The van der Waals surface area contributed by atoms with E-state index in [1.165, 1.54) is 31.3 Å². The number of hydrogen-bond acceptors (Lipinski definition) is 2. The van der Waals surface area contributed by atoms with Gasteiger partial charge in [0.15, 0.2) is 0 Å². The van der Waals surface area contributed by atoms with Gasteiger partial charge in [0.1, 0.15) is 0 Å². The molecule has 4 nitrogen and oxygen atoms in total. The molecule has 1 fully saturated rings. The van der Waals surface area contributed by atoms with Crippen molar-refractivity contribution in [1.82, 2.24) is 10.2 Å². The molecular weight excluding hydrogens is 228 g/mol. The smallest absolute Gasteiger partial charge is 0.226 e. The normalized spacial score (nSPS) is 20.1. The monoisotopic (exact) mass is 250 g/mol. The van der Waals surface area contributed by atoms with Gasteiger partial charge in [0.2, 0.25) is 11.8 Å². The first-order chi connectivity index (χ1) is 8.66. The number of nitrogens with one attached hydrogen (secondary N) is 1. The predicted molar refractivity (Wildman–Crippen MR) is 69.9 cm³/mol. The largest absolute Gasteiger partial charge is 0.355 e. The Kier molecular flexibility index (Phi) is 4.39. The highest BCUT2D eigenvalue weighted by Gasteiger charge is 2.33. The Morgan fingerprint density at radius 3 is 2.78 bits per heavy atom. The van der Waals surface area contributed by atoms with Crippen LogP contribution in [0.25, 0.3) is 0 Å². The lowest BCUT2D eigenvalue weighted by Gasteiger charge is -2.37. The Balaban J connectivity index is 1.61. The van der Waals surface area contributed by atoms with Gasteiger partial charge < -0.3 is 10.2 Å². The van der Waals surface area contributed by atoms with Crippen LogP contribution in [0, 0.1) is 5.92 Å². The van der Waals surface area contributed by atoms with E-state index in [-0.39, 0.29) is 17.7 Å². The van der Waals surface area contributed by atoms with Gasteiger partial charge in [0, 0.05) is 26.6 Å². The molecule has 0 aromatic heterocycles. The van der Waals surface area contributed by atoms with Crippen molar-refractivity contribution in [2.75, 3.05) is 19.6 Å². The van der Waals surface area contributed by atoms with Crippen LogP contribution in [0.2, 0.25) is 0 Å². The summed E-state index contributed by atoms with van der Waals surface area (Å²) >= 11 is 0. The number of amides is 2. The molecule has 2 amide bonds. The van der Waals surface area contributed by atoms with E-state index in [1.807, 2.05) is 0 Å². The summed E-state index contributed by atoms with van der Waals surface area (Å²) in [6.07, 6.45) is 8.27. The summed E-state index contributed by atoms with van der Waals surface area (Å²) in [5, 5.41) is 2.97. The van der Waals surface area contributed by atoms with Crippen molar-refractivity contribution < 1.29 is 9.59 Å². The van der Waals surface area contributed by atoms with Gasteiger partial charge in [-0.15, -0.1) is 0 Å². The van der Waals surface area contributed by atoms with Crippen molar-refractivity contribution in [2.24, 2.45) is 5.92 Å². The van der Waals surface area contributed by atoms with Crippen LogP contribution in [-0.4, -0.2) is 36.3 Å². The van der Waals surface area contributed by atoms with E-state index in [0.717, 1.165) is 13.0 Å². The Labute approximate surface area is 108 Å². The first-order valence-electron chi connectivity index (χ1n) is 6.88. The summed E-state index contributed by atoms with van der Waals surface area (Å²) < 4.78 is 0. The zero-order valence-electron chi connectivity index (χ0n) is 11.1. The summed E-state index contributed by atoms with van der Waals surface area (Å²) in [5.74, 6) is 0.171. The molecule has 2 rings (SSSR count). The molecule has 100 valence electrons. The van der Waals surface area contributed by atoms with Crippen molar-refractivity contribution in [3.05, 3.63) is 11.6 Å². The molecule has 4 heteroatoms. The molecule has 0 saturated carbocycles. The lowest BCUT2D eigenvalue weighted by molar-refractivity contribution is -0.141. The van der Waals surface area contributed by atoms with E-state index in [1.54, 1.807) is 11.8 Å². The molecule has 0 radical (unpaired) electrons. The summed E-state index contributed by atoms with van der Waals surface area (Å²) in [6, 6.07) is 0. The maximum absolute atomic E-state index is 11.8. The third-order valence-electron chi connectivity index (χ3n) is 3.83. The molecular formula is C14H22N2O2. The SMILES string of the molecule is CC(=O)N1CC(C(=O)NCCC2=CCCCC2)C1. The molecule has 0 unspecified atom stereocenters. The molecule has 1 heterocycles. The van der Waals surface area contributed by atoms with E-state index in [2.05, 4.69) is 11.4 Å². The van der Waals surface area contributed by atoms with Gasteiger partial charge in [0.05, 0.1) is 5.92 Å². The number of nitrogens with zero attached hydrogens (tertiary/aromatic N) is 1. The van der Waals surface area contributed by atoms with E-state index in [4.69, 9.17) is 0 Å². The Morgan fingerprint density at radius 1 is 1.39 bits per heavy atom. The second-order valence-corrected chi connectivity index (χ2v) is 5.27. The van der Waals surface area contributed by atoms with Crippen molar-refractivity contribution in [1.29, 1.82) is 0 Å². The molecule has 1 saturated heterocycles. The van der Waals surface area contributed by atoms with Crippen molar-refractivity contribution in [3.63, 3.8) is 0 Å². The van der Waals surface area contributed by atoms with Gasteiger partial charge in [-0.25, -0.2) is 0 Å². The van der Waals surface area contributed by atoms with Gasteiger partial charge in [-0.3, -0.25) is 9.59 Å². The van der Waals surface area contributed by atoms with E-state index >= 15 is 0 Å². The quantitative estimate of drug-likeness (QED) is 0.768. The lowest BCUT2D eigenvalue weighted by atomic mass is 9.96. The zero-order chi connectivity index (χ0) is 13.0. The van der Waals surface area contributed by atoms with Crippen LogP contribution in [0.4, 0.5) is 0 Å². The van der Waals surface area contributed by atoms with Crippen LogP contribution in [0.15, 0.2) is 11.6 Å². The minimum absolute atomic E-state index is 0.00855. The molecule has 0 aromatic rings. The number of carbonyl (C=O) groups is 2. The molecule has 0 aromatic carbocycles. The minimum atomic E-state index is 0.00855. The number of carbonyl (C=O) groups excluding carboxylic acids is 2.